The summed E-state index contributed by atoms with van der Waals surface area (Å²) in [7, 11) is 1.67. The Morgan fingerprint density at radius 2 is 2.05 bits per heavy atom. The Balaban J connectivity index is 0.00000441. The van der Waals surface area contributed by atoms with Gasteiger partial charge in [-0.25, -0.2) is 4.39 Å². The third kappa shape index (κ3) is 8.60. The molecule has 22 heavy (non-hydrogen) atoms. The molecular formula is C15H22FIN4O. The van der Waals surface area contributed by atoms with Crippen molar-refractivity contribution in [2.75, 3.05) is 26.7 Å². The van der Waals surface area contributed by atoms with Gasteiger partial charge in [-0.3, -0.25) is 9.79 Å². The Kier molecular flexibility index (Phi) is 11.1. The van der Waals surface area contributed by atoms with Gasteiger partial charge in [-0.1, -0.05) is 18.2 Å². The average molecular weight is 420 g/mol. The van der Waals surface area contributed by atoms with Gasteiger partial charge in [-0.05, 0) is 17.7 Å². The van der Waals surface area contributed by atoms with Crippen molar-refractivity contribution in [2.45, 2.75) is 6.42 Å². The summed E-state index contributed by atoms with van der Waals surface area (Å²) >= 11 is 0. The average Bonchev–Trinajstić information content (AvgIpc) is 2.46. The summed E-state index contributed by atoms with van der Waals surface area (Å²) in [6, 6.07) is 6.03. The molecular weight excluding hydrogens is 398 g/mol. The molecule has 5 nitrogen and oxygen atoms in total. The number of nitrogens with zero attached hydrogens (tertiary/aromatic N) is 1. The lowest BCUT2D eigenvalue weighted by molar-refractivity contribution is -0.120. The lowest BCUT2D eigenvalue weighted by Crippen LogP contribution is -2.41. The van der Waals surface area contributed by atoms with E-state index >= 15 is 0 Å². The molecule has 0 aliphatic carbocycles. The predicted molar refractivity (Wildman–Crippen MR) is 98.1 cm³/mol. The number of nitrogens with one attached hydrogen (secondary N) is 3. The Morgan fingerprint density at radius 1 is 1.32 bits per heavy atom. The molecule has 0 saturated heterocycles. The third-order valence-electron chi connectivity index (χ3n) is 2.63. The highest BCUT2D eigenvalue weighted by molar-refractivity contribution is 14.0. The van der Waals surface area contributed by atoms with Crippen molar-refractivity contribution in [3.05, 3.63) is 48.3 Å². The molecule has 1 amide bonds. The van der Waals surface area contributed by atoms with Crippen LogP contribution in [0.25, 0.3) is 0 Å². The normalized spacial score (nSPS) is 10.4. The van der Waals surface area contributed by atoms with Gasteiger partial charge >= 0.3 is 0 Å². The Bertz CT molecular complexity index is 508. The molecule has 0 atom stereocenters. The van der Waals surface area contributed by atoms with Crippen molar-refractivity contribution in [3.63, 3.8) is 0 Å². The van der Waals surface area contributed by atoms with Crippen LogP contribution < -0.4 is 16.0 Å². The van der Waals surface area contributed by atoms with Crippen LogP contribution in [0.3, 0.4) is 0 Å². The number of benzene rings is 1. The van der Waals surface area contributed by atoms with E-state index in [2.05, 4.69) is 27.5 Å². The monoisotopic (exact) mass is 420 g/mol. The minimum atomic E-state index is -0.334. The number of carbonyl (C=O) groups excluding carboxylic acids is 1. The van der Waals surface area contributed by atoms with Crippen LogP contribution in [-0.2, 0) is 11.2 Å². The summed E-state index contributed by atoms with van der Waals surface area (Å²) in [6.07, 6.45) is 1.90. The van der Waals surface area contributed by atoms with Crippen molar-refractivity contribution >= 4 is 35.8 Å². The Morgan fingerprint density at radius 3 is 2.68 bits per heavy atom. The summed E-state index contributed by atoms with van der Waals surface area (Å²) in [4.78, 5) is 15.7. The number of amides is 1. The van der Waals surface area contributed by atoms with Crippen LogP contribution in [0.1, 0.15) is 5.56 Å². The van der Waals surface area contributed by atoms with Gasteiger partial charge in [-0.2, -0.15) is 0 Å². The maximum Gasteiger partial charge on any atom is 0.224 e. The first kappa shape index (κ1) is 20.4. The van der Waals surface area contributed by atoms with Crippen molar-refractivity contribution in [1.82, 2.24) is 16.0 Å². The molecule has 0 saturated carbocycles. The standard InChI is InChI=1S/C15H21FN4O.HI/c1-3-7-19-15(17-2)20-9-8-18-14(21)11-12-5-4-6-13(16)10-12;/h3-6,10H,1,7-9,11H2,2H3,(H,18,21)(H2,17,19,20);1H. The van der Waals surface area contributed by atoms with E-state index in [-0.39, 0.29) is 42.1 Å². The third-order valence-corrected chi connectivity index (χ3v) is 2.63. The van der Waals surface area contributed by atoms with Gasteiger partial charge in [0.2, 0.25) is 5.91 Å². The van der Waals surface area contributed by atoms with E-state index in [9.17, 15) is 9.18 Å². The molecule has 0 aromatic heterocycles. The van der Waals surface area contributed by atoms with Crippen LogP contribution in [0.2, 0.25) is 0 Å². The molecule has 0 fully saturated rings. The molecule has 7 heteroatoms. The van der Waals surface area contributed by atoms with E-state index in [0.29, 0.717) is 31.2 Å². The highest BCUT2D eigenvalue weighted by atomic mass is 127. The van der Waals surface area contributed by atoms with Gasteiger partial charge in [0, 0.05) is 26.7 Å². The quantitative estimate of drug-likeness (QED) is 0.206. The van der Waals surface area contributed by atoms with Gasteiger partial charge in [0.15, 0.2) is 5.96 Å². The molecule has 3 N–H and O–H groups in total. The number of hydrogen-bond acceptors (Lipinski definition) is 2. The van der Waals surface area contributed by atoms with Crippen LogP contribution in [0, 0.1) is 5.82 Å². The van der Waals surface area contributed by atoms with Crippen LogP contribution in [-0.4, -0.2) is 38.5 Å². The smallest absolute Gasteiger partial charge is 0.224 e. The van der Waals surface area contributed by atoms with Gasteiger partial charge in [0.1, 0.15) is 5.82 Å². The van der Waals surface area contributed by atoms with Gasteiger partial charge < -0.3 is 16.0 Å². The first-order chi connectivity index (χ1) is 10.2. The second-order valence-electron chi connectivity index (χ2n) is 4.33. The molecule has 1 aromatic carbocycles. The summed E-state index contributed by atoms with van der Waals surface area (Å²) < 4.78 is 13.0. The fourth-order valence-electron chi connectivity index (χ4n) is 1.67. The summed E-state index contributed by atoms with van der Waals surface area (Å²) in [5.41, 5.74) is 0.656. The minimum absolute atomic E-state index is 0. The van der Waals surface area contributed by atoms with Crippen LogP contribution in [0.15, 0.2) is 41.9 Å². The summed E-state index contributed by atoms with van der Waals surface area (Å²) in [5, 5.41) is 8.83. The van der Waals surface area contributed by atoms with Crippen LogP contribution >= 0.6 is 24.0 Å². The maximum atomic E-state index is 13.0. The van der Waals surface area contributed by atoms with Crippen molar-refractivity contribution in [2.24, 2.45) is 4.99 Å². The predicted octanol–water partition coefficient (Wildman–Crippen LogP) is 1.45. The fraction of sp³-hybridized carbons (Fsp3) is 0.333. The Labute approximate surface area is 147 Å². The molecule has 1 rings (SSSR count). The van der Waals surface area contributed by atoms with Crippen LogP contribution in [0.5, 0.6) is 0 Å². The van der Waals surface area contributed by atoms with E-state index in [1.54, 1.807) is 25.3 Å². The van der Waals surface area contributed by atoms with E-state index in [1.807, 2.05) is 0 Å². The van der Waals surface area contributed by atoms with Crippen molar-refractivity contribution < 1.29 is 9.18 Å². The van der Waals surface area contributed by atoms with Crippen molar-refractivity contribution in [1.29, 1.82) is 0 Å². The highest BCUT2D eigenvalue weighted by Crippen LogP contribution is 2.03. The molecule has 1 aromatic rings. The second-order valence-corrected chi connectivity index (χ2v) is 4.33. The van der Waals surface area contributed by atoms with Gasteiger partial charge in [0.05, 0.1) is 6.42 Å². The zero-order chi connectivity index (χ0) is 15.5. The van der Waals surface area contributed by atoms with E-state index in [0.717, 1.165) is 0 Å². The molecule has 0 radical (unpaired) electrons. The number of aliphatic imine (C=N–C) groups is 1. The maximum absolute atomic E-state index is 13.0. The highest BCUT2D eigenvalue weighted by Gasteiger charge is 2.03. The SMILES string of the molecule is C=CCNC(=NC)NCCNC(=O)Cc1cccc(F)c1.I. The largest absolute Gasteiger partial charge is 0.355 e. The number of rotatable bonds is 7. The second kappa shape index (κ2) is 12.0. The fourth-order valence-corrected chi connectivity index (χ4v) is 1.67. The zero-order valence-electron chi connectivity index (χ0n) is 12.6. The van der Waals surface area contributed by atoms with E-state index < -0.39 is 0 Å². The molecule has 0 bridgehead atoms. The van der Waals surface area contributed by atoms with Crippen molar-refractivity contribution in [3.8, 4) is 0 Å². The molecule has 0 aliphatic rings. The lowest BCUT2D eigenvalue weighted by Gasteiger charge is -2.11. The molecule has 0 unspecified atom stereocenters. The molecule has 0 aliphatic heterocycles. The summed E-state index contributed by atoms with van der Waals surface area (Å²) in [5.74, 6) is 0.171. The van der Waals surface area contributed by atoms with Gasteiger partial charge in [0.25, 0.3) is 0 Å². The first-order valence-corrected chi connectivity index (χ1v) is 6.72. The number of hydrogen-bond donors (Lipinski definition) is 3. The molecule has 122 valence electrons. The number of halogens is 2. The van der Waals surface area contributed by atoms with Crippen LogP contribution in [0.4, 0.5) is 4.39 Å². The first-order valence-electron chi connectivity index (χ1n) is 6.72. The topological polar surface area (TPSA) is 65.5 Å². The number of carbonyl (C=O) groups is 1. The van der Waals surface area contributed by atoms with E-state index in [1.165, 1.54) is 12.1 Å². The molecule has 0 spiro atoms. The molecule has 0 heterocycles. The Hall–Kier alpha value is -1.64. The lowest BCUT2D eigenvalue weighted by atomic mass is 10.1. The minimum Gasteiger partial charge on any atom is -0.355 e. The number of guanidine groups is 1. The van der Waals surface area contributed by atoms with E-state index in [4.69, 9.17) is 0 Å². The van der Waals surface area contributed by atoms with Gasteiger partial charge in [-0.15, -0.1) is 30.6 Å². The zero-order valence-corrected chi connectivity index (χ0v) is 14.9. The summed E-state index contributed by atoms with van der Waals surface area (Å²) in [6.45, 7) is 5.23.